The highest BCUT2D eigenvalue weighted by Crippen LogP contribution is 2.34. The first kappa shape index (κ1) is 25.7. The third-order valence-electron chi connectivity index (χ3n) is 6.42. The largest absolute Gasteiger partial charge is 0.497 e. The van der Waals surface area contributed by atoms with Crippen molar-refractivity contribution in [1.29, 1.82) is 0 Å². The number of rotatable bonds is 10. The van der Waals surface area contributed by atoms with Gasteiger partial charge in [0.25, 0.3) is 5.91 Å². The van der Waals surface area contributed by atoms with E-state index in [2.05, 4.69) is 11.4 Å². The second-order valence-electron chi connectivity index (χ2n) is 8.68. The highest BCUT2D eigenvalue weighted by molar-refractivity contribution is 7.10. The van der Waals surface area contributed by atoms with Crippen LogP contribution in [0, 0.1) is 6.92 Å². The summed E-state index contributed by atoms with van der Waals surface area (Å²) in [6, 6.07) is 16.6. The molecule has 1 aliphatic rings. The fourth-order valence-electron chi connectivity index (χ4n) is 4.39. The van der Waals surface area contributed by atoms with Gasteiger partial charge in [-0.05, 0) is 66.2 Å². The Morgan fingerprint density at radius 3 is 2.58 bits per heavy atom. The zero-order chi connectivity index (χ0) is 25.5. The predicted molar refractivity (Wildman–Crippen MR) is 140 cm³/mol. The number of ether oxygens (including phenoxy) is 3. The number of fused-ring (bicyclic) bond motifs is 1. The molecule has 0 saturated carbocycles. The maximum atomic E-state index is 13.6. The molecule has 190 valence electrons. The molecular weight excluding hydrogens is 476 g/mol. The Balaban J connectivity index is 1.52. The molecule has 0 spiro atoms. The van der Waals surface area contributed by atoms with Crippen molar-refractivity contribution in [3.63, 3.8) is 0 Å². The molecule has 0 radical (unpaired) electrons. The van der Waals surface area contributed by atoms with E-state index in [1.54, 1.807) is 54.7 Å². The van der Waals surface area contributed by atoms with Crippen LogP contribution in [0.15, 0.2) is 60.0 Å². The molecule has 0 aliphatic carbocycles. The Kier molecular flexibility index (Phi) is 8.61. The average molecular weight is 509 g/mol. The second-order valence-corrected chi connectivity index (χ2v) is 9.68. The second kappa shape index (κ2) is 12.1. The van der Waals surface area contributed by atoms with Crippen molar-refractivity contribution in [3.05, 3.63) is 81.5 Å². The third-order valence-corrected chi connectivity index (χ3v) is 7.42. The summed E-state index contributed by atoms with van der Waals surface area (Å²) in [5.41, 5.74) is 2.67. The van der Waals surface area contributed by atoms with Gasteiger partial charge in [-0.2, -0.15) is 0 Å². The van der Waals surface area contributed by atoms with E-state index in [9.17, 15) is 9.59 Å². The third kappa shape index (κ3) is 5.88. The molecule has 2 amide bonds. The van der Waals surface area contributed by atoms with E-state index in [1.165, 1.54) is 4.88 Å². The van der Waals surface area contributed by atoms with Gasteiger partial charge in [-0.15, -0.1) is 11.3 Å². The molecule has 0 N–H and O–H groups in total. The topological polar surface area (TPSA) is 68.3 Å². The number of para-hydroxylation sites is 1. The Hall–Kier alpha value is -3.36. The van der Waals surface area contributed by atoms with Gasteiger partial charge < -0.3 is 24.0 Å². The molecule has 0 bridgehead atoms. The smallest absolute Gasteiger partial charge is 0.254 e. The van der Waals surface area contributed by atoms with E-state index in [0.29, 0.717) is 37.6 Å². The average Bonchev–Trinajstić information content (AvgIpc) is 3.39. The summed E-state index contributed by atoms with van der Waals surface area (Å²) in [7, 11) is 3.16. The fraction of sp³-hybridized carbons (Fsp3) is 0.357. The number of methoxy groups -OCH3 is 2. The maximum Gasteiger partial charge on any atom is 0.254 e. The van der Waals surface area contributed by atoms with Crippen molar-refractivity contribution in [2.45, 2.75) is 19.4 Å². The van der Waals surface area contributed by atoms with Gasteiger partial charge in [0.1, 0.15) is 24.7 Å². The van der Waals surface area contributed by atoms with Crippen LogP contribution in [0.3, 0.4) is 0 Å². The van der Waals surface area contributed by atoms with Crippen LogP contribution in [-0.4, -0.2) is 68.7 Å². The molecule has 0 fully saturated rings. The Morgan fingerprint density at radius 2 is 1.86 bits per heavy atom. The number of carbonyl (C=O) groups excluding carboxylic acids is 2. The van der Waals surface area contributed by atoms with Crippen molar-refractivity contribution in [2.75, 3.05) is 47.1 Å². The van der Waals surface area contributed by atoms with Crippen LogP contribution >= 0.6 is 11.3 Å². The lowest BCUT2D eigenvalue weighted by atomic mass is 10.00. The molecule has 1 unspecified atom stereocenters. The summed E-state index contributed by atoms with van der Waals surface area (Å²) in [5, 5.41) is 2.07. The summed E-state index contributed by atoms with van der Waals surface area (Å²) in [4.78, 5) is 31.6. The Labute approximate surface area is 216 Å². The zero-order valence-corrected chi connectivity index (χ0v) is 21.8. The minimum atomic E-state index is -0.219. The molecule has 1 atom stereocenters. The Bertz CT molecular complexity index is 1180. The minimum Gasteiger partial charge on any atom is -0.497 e. The highest BCUT2D eigenvalue weighted by Gasteiger charge is 2.33. The van der Waals surface area contributed by atoms with Crippen molar-refractivity contribution in [1.82, 2.24) is 9.80 Å². The van der Waals surface area contributed by atoms with E-state index < -0.39 is 0 Å². The lowest BCUT2D eigenvalue weighted by Crippen LogP contribution is -2.48. The number of hydrogen-bond acceptors (Lipinski definition) is 6. The van der Waals surface area contributed by atoms with Crippen LogP contribution < -0.4 is 9.47 Å². The van der Waals surface area contributed by atoms with E-state index in [1.807, 2.05) is 36.1 Å². The fourth-order valence-corrected chi connectivity index (χ4v) is 5.31. The number of nitrogens with zero attached hydrogens (tertiary/aromatic N) is 2. The van der Waals surface area contributed by atoms with Crippen LogP contribution in [-0.2, 0) is 16.0 Å². The first-order chi connectivity index (χ1) is 17.5. The van der Waals surface area contributed by atoms with Gasteiger partial charge in [-0.3, -0.25) is 9.59 Å². The summed E-state index contributed by atoms with van der Waals surface area (Å²) < 4.78 is 16.6. The minimum absolute atomic E-state index is 0.0332. The van der Waals surface area contributed by atoms with Crippen LogP contribution in [0.1, 0.15) is 32.4 Å². The van der Waals surface area contributed by atoms with Gasteiger partial charge in [0.15, 0.2) is 0 Å². The molecule has 36 heavy (non-hydrogen) atoms. The molecule has 2 aromatic carbocycles. The van der Waals surface area contributed by atoms with Gasteiger partial charge in [-0.1, -0.05) is 18.2 Å². The van der Waals surface area contributed by atoms with Gasteiger partial charge in [-0.25, -0.2) is 0 Å². The molecule has 1 aromatic heterocycles. The standard InChI is InChI=1S/C28H32N2O5S/c1-20-6-4-5-7-25(20)35-19-24-23-13-17-36-26(23)12-14-30(24)27(31)18-29(15-16-33-2)28(32)21-8-10-22(34-3)11-9-21/h4-11,13,17,24H,12,14-16,18-19H2,1-3H3. The number of hydrogen-bond donors (Lipinski definition) is 0. The maximum absolute atomic E-state index is 13.6. The molecule has 0 saturated heterocycles. The summed E-state index contributed by atoms with van der Waals surface area (Å²) in [6.07, 6.45) is 0.796. The van der Waals surface area contributed by atoms with Crippen LogP contribution in [0.2, 0.25) is 0 Å². The first-order valence-electron chi connectivity index (χ1n) is 12.0. The molecule has 3 aromatic rings. The number of amides is 2. The lowest BCUT2D eigenvalue weighted by Gasteiger charge is -2.37. The van der Waals surface area contributed by atoms with Crippen molar-refractivity contribution < 1.29 is 23.8 Å². The van der Waals surface area contributed by atoms with E-state index in [-0.39, 0.29) is 24.4 Å². The first-order valence-corrected chi connectivity index (χ1v) is 12.9. The number of benzene rings is 2. The molecular formula is C28H32N2O5S. The summed E-state index contributed by atoms with van der Waals surface area (Å²) in [6.45, 7) is 3.56. The summed E-state index contributed by atoms with van der Waals surface area (Å²) >= 11 is 1.71. The number of aryl methyl sites for hydroxylation is 1. The van der Waals surface area contributed by atoms with Crippen LogP contribution in [0.4, 0.5) is 0 Å². The molecule has 1 aliphatic heterocycles. The zero-order valence-electron chi connectivity index (χ0n) is 20.9. The SMILES string of the molecule is COCCN(CC(=O)N1CCc2sccc2C1COc1ccccc1C)C(=O)c1ccc(OC)cc1. The number of carbonyl (C=O) groups is 2. The number of thiophene rings is 1. The van der Waals surface area contributed by atoms with E-state index in [0.717, 1.165) is 23.3 Å². The van der Waals surface area contributed by atoms with Crippen LogP contribution in [0.25, 0.3) is 0 Å². The van der Waals surface area contributed by atoms with E-state index in [4.69, 9.17) is 14.2 Å². The molecule has 4 rings (SSSR count). The predicted octanol–water partition coefficient (Wildman–Crippen LogP) is 4.36. The van der Waals surface area contributed by atoms with Crippen molar-refractivity contribution in [3.8, 4) is 11.5 Å². The monoisotopic (exact) mass is 508 g/mol. The molecule has 8 heteroatoms. The van der Waals surface area contributed by atoms with Gasteiger partial charge >= 0.3 is 0 Å². The quantitative estimate of drug-likeness (QED) is 0.407. The molecule has 7 nitrogen and oxygen atoms in total. The molecule has 2 heterocycles. The van der Waals surface area contributed by atoms with Crippen molar-refractivity contribution >= 4 is 23.2 Å². The normalized spacial score (nSPS) is 14.8. The lowest BCUT2D eigenvalue weighted by molar-refractivity contribution is -0.135. The van der Waals surface area contributed by atoms with Gasteiger partial charge in [0.2, 0.25) is 5.91 Å². The van der Waals surface area contributed by atoms with E-state index >= 15 is 0 Å². The van der Waals surface area contributed by atoms with Gasteiger partial charge in [0.05, 0.1) is 19.8 Å². The summed E-state index contributed by atoms with van der Waals surface area (Å²) in [5.74, 6) is 1.15. The van der Waals surface area contributed by atoms with Gasteiger partial charge in [0, 0.05) is 30.6 Å². The highest BCUT2D eigenvalue weighted by atomic mass is 32.1. The Morgan fingerprint density at radius 1 is 1.08 bits per heavy atom. The van der Waals surface area contributed by atoms with Crippen molar-refractivity contribution in [2.24, 2.45) is 0 Å². The van der Waals surface area contributed by atoms with Crippen LogP contribution in [0.5, 0.6) is 11.5 Å².